The zero-order valence-electron chi connectivity index (χ0n) is 19.5. The molecule has 0 unspecified atom stereocenters. The van der Waals surface area contributed by atoms with Crippen LogP contribution in [0.1, 0.15) is 35.6 Å². The highest BCUT2D eigenvalue weighted by Gasteiger charge is 2.12. The van der Waals surface area contributed by atoms with Crippen LogP contribution < -0.4 is 16.0 Å². The van der Waals surface area contributed by atoms with Gasteiger partial charge in [-0.3, -0.25) is 0 Å². The SMILES string of the molecule is C1=CC2=NC1=Cc1ccc([nH]1)C=C1CCC(=Cc3ccc([nH]3)C=c3ccc([nH]3)=CC3=NC(=C2)C=C3)N1. The first-order valence-corrected chi connectivity index (χ1v) is 12.1. The number of H-pyrrole nitrogens is 3. The molecule has 1 fully saturated rings. The molecule has 0 aromatic carbocycles. The third-order valence-corrected chi connectivity index (χ3v) is 6.42. The third-order valence-electron chi connectivity index (χ3n) is 6.42. The number of hydrogen-bond acceptors (Lipinski definition) is 3. The van der Waals surface area contributed by atoms with Crippen LogP contribution in [0, 0.1) is 0 Å². The maximum Gasteiger partial charge on any atom is 0.0659 e. The summed E-state index contributed by atoms with van der Waals surface area (Å²) in [5.41, 5.74) is 10.3. The first-order valence-electron chi connectivity index (χ1n) is 12.1. The van der Waals surface area contributed by atoms with Gasteiger partial charge in [-0.05, 0) is 110 Å². The fourth-order valence-electron chi connectivity index (χ4n) is 4.73. The molecule has 36 heavy (non-hydrogen) atoms. The molecule has 0 aliphatic carbocycles. The minimum atomic E-state index is 0.892. The number of aromatic amines is 3. The predicted molar refractivity (Wildman–Crippen MR) is 147 cm³/mol. The molecule has 3 aromatic heterocycles. The standard InChI is InChI=1S/C30H24N6/c1-2-20-14-22-5-6-24(33-22)16-26-9-10-28(35-26)18-30-12-11-29(36-30)17-27-8-7-25(34-27)15-23-4-3-21(32-23)13-19(1)31-20/h1-10,13-18,32,34-36H,11-12H2. The number of rotatable bonds is 0. The van der Waals surface area contributed by atoms with E-state index >= 15 is 0 Å². The second kappa shape index (κ2) is 8.43. The summed E-state index contributed by atoms with van der Waals surface area (Å²) in [6, 6.07) is 12.5. The van der Waals surface area contributed by atoms with Crippen LogP contribution in [0.2, 0.25) is 0 Å². The Morgan fingerprint density at radius 1 is 0.472 bits per heavy atom. The van der Waals surface area contributed by atoms with Gasteiger partial charge < -0.3 is 20.3 Å². The number of hydrogen-bond donors (Lipinski definition) is 4. The molecule has 0 saturated carbocycles. The molecular formula is C30H24N6. The van der Waals surface area contributed by atoms with Crippen LogP contribution in [0.4, 0.5) is 0 Å². The van der Waals surface area contributed by atoms with E-state index < -0.39 is 0 Å². The molecule has 0 radical (unpaired) electrons. The lowest BCUT2D eigenvalue weighted by Crippen LogP contribution is -2.10. The Balaban J connectivity index is 1.29. The third kappa shape index (κ3) is 4.32. The summed E-state index contributed by atoms with van der Waals surface area (Å²) in [5.74, 6) is 0. The Morgan fingerprint density at radius 2 is 1.00 bits per heavy atom. The number of nitrogens with one attached hydrogen (secondary N) is 4. The number of aromatic nitrogens is 3. The number of nitrogens with zero attached hydrogens (tertiary/aromatic N) is 2. The van der Waals surface area contributed by atoms with Crippen molar-refractivity contribution in [2.24, 2.45) is 9.98 Å². The van der Waals surface area contributed by atoms with E-state index in [1.165, 1.54) is 11.4 Å². The number of fused-ring (bicyclic) bond motifs is 10. The van der Waals surface area contributed by atoms with Gasteiger partial charge in [0.15, 0.2) is 0 Å². The average molecular weight is 469 g/mol. The van der Waals surface area contributed by atoms with Crippen molar-refractivity contribution in [1.82, 2.24) is 20.3 Å². The van der Waals surface area contributed by atoms with E-state index in [0.29, 0.717) is 0 Å². The van der Waals surface area contributed by atoms with Gasteiger partial charge in [0.2, 0.25) is 0 Å². The van der Waals surface area contributed by atoms with Crippen molar-refractivity contribution in [2.75, 3.05) is 0 Å². The van der Waals surface area contributed by atoms with E-state index in [1.807, 2.05) is 30.4 Å². The first kappa shape index (κ1) is 20.5. The van der Waals surface area contributed by atoms with E-state index in [-0.39, 0.29) is 0 Å². The van der Waals surface area contributed by atoms with Gasteiger partial charge in [-0.25, -0.2) is 9.98 Å². The minimum Gasteiger partial charge on any atom is -0.362 e. The van der Waals surface area contributed by atoms with Gasteiger partial charge >= 0.3 is 0 Å². The molecule has 4 N–H and O–H groups in total. The van der Waals surface area contributed by atoms with Gasteiger partial charge in [0.25, 0.3) is 0 Å². The Labute approximate surface area is 208 Å². The van der Waals surface area contributed by atoms with Crippen molar-refractivity contribution in [3.8, 4) is 0 Å². The van der Waals surface area contributed by atoms with Crippen molar-refractivity contribution < 1.29 is 0 Å². The summed E-state index contributed by atoms with van der Waals surface area (Å²) in [6.07, 6.45) is 22.7. The summed E-state index contributed by atoms with van der Waals surface area (Å²) < 4.78 is 0. The molecule has 4 aliphatic heterocycles. The fraction of sp³-hybridized carbons (Fsp3) is 0.0667. The molecule has 4 aliphatic rings. The summed E-state index contributed by atoms with van der Waals surface area (Å²) >= 11 is 0. The molecule has 6 heteroatoms. The van der Waals surface area contributed by atoms with Crippen LogP contribution >= 0.6 is 0 Å². The van der Waals surface area contributed by atoms with Gasteiger partial charge in [0.1, 0.15) is 0 Å². The first-order chi connectivity index (χ1) is 17.7. The second-order valence-electron chi connectivity index (χ2n) is 9.24. The highest BCUT2D eigenvalue weighted by molar-refractivity contribution is 6.19. The van der Waals surface area contributed by atoms with Crippen molar-refractivity contribution in [1.29, 1.82) is 0 Å². The van der Waals surface area contributed by atoms with Gasteiger partial charge in [0, 0.05) is 44.9 Å². The van der Waals surface area contributed by atoms with Gasteiger partial charge in [0.05, 0.1) is 22.8 Å². The van der Waals surface area contributed by atoms with E-state index in [2.05, 4.69) is 87.0 Å². The van der Waals surface area contributed by atoms with Crippen molar-refractivity contribution >= 4 is 41.8 Å². The lowest BCUT2D eigenvalue weighted by atomic mass is 10.2. The molecule has 1 saturated heterocycles. The van der Waals surface area contributed by atoms with E-state index in [0.717, 1.165) is 69.1 Å². The van der Waals surface area contributed by atoms with Crippen molar-refractivity contribution in [2.45, 2.75) is 12.8 Å². The Morgan fingerprint density at radius 3 is 1.67 bits per heavy atom. The molecule has 0 atom stereocenters. The van der Waals surface area contributed by atoms with Crippen LogP contribution in [0.15, 0.2) is 99.6 Å². The predicted octanol–water partition coefficient (Wildman–Crippen LogP) is 4.31. The maximum atomic E-state index is 4.73. The molecule has 0 amide bonds. The second-order valence-corrected chi connectivity index (χ2v) is 9.24. The largest absolute Gasteiger partial charge is 0.362 e. The van der Waals surface area contributed by atoms with E-state index in [9.17, 15) is 0 Å². The molecule has 174 valence electrons. The normalized spacial score (nSPS) is 18.1. The van der Waals surface area contributed by atoms with Crippen LogP contribution in [0.25, 0.3) is 30.4 Å². The number of allylic oxidation sites excluding steroid dienone is 7. The van der Waals surface area contributed by atoms with E-state index in [1.54, 1.807) is 0 Å². The Hall–Kier alpha value is -4.84. The van der Waals surface area contributed by atoms with Crippen molar-refractivity contribution in [3.05, 3.63) is 123 Å². The summed E-state index contributed by atoms with van der Waals surface area (Å²) in [6.45, 7) is 0. The van der Waals surface area contributed by atoms with Crippen LogP contribution in [0.5, 0.6) is 0 Å². The molecule has 0 spiro atoms. The zero-order chi connectivity index (χ0) is 23.9. The van der Waals surface area contributed by atoms with Crippen molar-refractivity contribution in [3.63, 3.8) is 0 Å². The van der Waals surface area contributed by atoms with Crippen LogP contribution in [-0.2, 0) is 0 Å². The lowest BCUT2D eigenvalue weighted by Gasteiger charge is -2.00. The summed E-state index contributed by atoms with van der Waals surface area (Å²) in [4.78, 5) is 19.9. The molecule has 6 nitrogen and oxygen atoms in total. The molecule has 7 rings (SSSR count). The monoisotopic (exact) mass is 468 g/mol. The van der Waals surface area contributed by atoms with E-state index in [4.69, 9.17) is 9.98 Å². The summed E-state index contributed by atoms with van der Waals surface area (Å²) in [7, 11) is 0. The van der Waals surface area contributed by atoms with Crippen LogP contribution in [-0.4, -0.2) is 26.4 Å². The smallest absolute Gasteiger partial charge is 0.0659 e. The topological polar surface area (TPSA) is 84.1 Å². The summed E-state index contributed by atoms with van der Waals surface area (Å²) in [5, 5.41) is 5.62. The zero-order valence-corrected chi connectivity index (χ0v) is 19.5. The maximum absolute atomic E-state index is 4.73. The van der Waals surface area contributed by atoms with Gasteiger partial charge in [-0.1, -0.05) is 0 Å². The van der Waals surface area contributed by atoms with Crippen LogP contribution in [0.3, 0.4) is 0 Å². The number of aliphatic imine (C=N–C) groups is 2. The highest BCUT2D eigenvalue weighted by Crippen LogP contribution is 2.23. The molecule has 12 bridgehead atoms. The Kier molecular flexibility index (Phi) is 4.81. The highest BCUT2D eigenvalue weighted by atomic mass is 14.9. The quantitative estimate of drug-likeness (QED) is 0.390. The van der Waals surface area contributed by atoms with Gasteiger partial charge in [-0.15, -0.1) is 0 Å². The molecular weight excluding hydrogens is 444 g/mol. The average Bonchev–Trinajstić information content (AvgIpc) is 3.68. The minimum absolute atomic E-state index is 0.892. The molecule has 3 aromatic rings. The Bertz CT molecular complexity index is 1750. The van der Waals surface area contributed by atoms with Gasteiger partial charge in [-0.2, -0.15) is 0 Å². The molecule has 7 heterocycles. The fourth-order valence-corrected chi connectivity index (χ4v) is 4.73. The lowest BCUT2D eigenvalue weighted by molar-refractivity contribution is 1.06.